The third-order valence-electron chi connectivity index (χ3n) is 3.89. The van der Waals surface area contributed by atoms with E-state index in [1.54, 1.807) is 18.2 Å². The maximum Gasteiger partial charge on any atom is 0.368 e. The summed E-state index contributed by atoms with van der Waals surface area (Å²) in [5.41, 5.74) is 0.367. The van der Waals surface area contributed by atoms with Crippen LogP contribution in [0.5, 0.6) is 17.2 Å². The summed E-state index contributed by atoms with van der Waals surface area (Å²) in [6.07, 6.45) is 1.28. The van der Waals surface area contributed by atoms with E-state index in [-0.39, 0.29) is 16.8 Å². The summed E-state index contributed by atoms with van der Waals surface area (Å²) in [6.45, 7) is 0. The maximum atomic E-state index is 12.1. The van der Waals surface area contributed by atoms with Crippen LogP contribution >= 0.6 is 0 Å². The topological polar surface area (TPSA) is 120 Å². The Hall–Kier alpha value is -3.88. The average molecular weight is 370 g/mol. The minimum Gasteiger partial charge on any atom is -0.502 e. The highest BCUT2D eigenvalue weighted by Crippen LogP contribution is 2.33. The molecule has 0 aromatic heterocycles. The summed E-state index contributed by atoms with van der Waals surface area (Å²) in [4.78, 5) is 27.1. The summed E-state index contributed by atoms with van der Waals surface area (Å²) in [5, 5.41) is 24.8. The Bertz CT molecular complexity index is 995. The van der Waals surface area contributed by atoms with Gasteiger partial charge in [0, 0.05) is 17.2 Å². The number of nitro benzene ring substituents is 1. The summed E-state index contributed by atoms with van der Waals surface area (Å²) < 4.78 is 10.4. The van der Waals surface area contributed by atoms with Crippen LogP contribution in [0.15, 0.2) is 47.1 Å². The molecule has 0 saturated heterocycles. The molecule has 27 heavy (non-hydrogen) atoms. The van der Waals surface area contributed by atoms with E-state index in [2.05, 4.69) is 5.16 Å². The van der Waals surface area contributed by atoms with Gasteiger partial charge in [0.15, 0.2) is 11.5 Å². The molecule has 0 unspecified atom stereocenters. The van der Waals surface area contributed by atoms with Crippen molar-refractivity contribution in [3.8, 4) is 17.2 Å². The smallest absolute Gasteiger partial charge is 0.368 e. The van der Waals surface area contributed by atoms with Gasteiger partial charge in [0.25, 0.3) is 0 Å². The van der Waals surface area contributed by atoms with Gasteiger partial charge in [-0.3, -0.25) is 10.1 Å². The van der Waals surface area contributed by atoms with Crippen molar-refractivity contribution in [3.63, 3.8) is 0 Å². The van der Waals surface area contributed by atoms with Crippen molar-refractivity contribution in [3.05, 3.63) is 63.2 Å². The first-order valence-corrected chi connectivity index (χ1v) is 7.66. The zero-order valence-corrected chi connectivity index (χ0v) is 14.3. The first-order valence-electron chi connectivity index (χ1n) is 7.66. The number of phenolic OH excluding ortho intramolecular Hbond substituents is 1. The number of nitro groups is 1. The molecule has 0 spiro atoms. The number of phenols is 1. The molecule has 1 N–H and O–H groups in total. The zero-order valence-electron chi connectivity index (χ0n) is 14.3. The monoisotopic (exact) mass is 370 g/mol. The highest BCUT2D eigenvalue weighted by Gasteiger charge is 2.28. The molecule has 0 amide bonds. The highest BCUT2D eigenvalue weighted by atomic mass is 16.7. The van der Waals surface area contributed by atoms with Gasteiger partial charge in [-0.15, -0.1) is 0 Å². The molecular weight excluding hydrogens is 356 g/mol. The molecule has 0 radical (unpaired) electrons. The molecule has 2 aromatic carbocycles. The standard InChI is InChI=1S/C18H14N2O7/c1-25-14-7-6-10(9-15(14)26-2)16-12(18(22)27-19-16)8-11-4-3-5-13(17(11)21)20(23)24/h3-9,21H,1-2H3. The number of carbonyl (C=O) groups is 1. The Labute approximate surface area is 153 Å². The van der Waals surface area contributed by atoms with Gasteiger partial charge in [0.1, 0.15) is 5.71 Å². The molecule has 0 atom stereocenters. The molecule has 0 bridgehead atoms. The van der Waals surface area contributed by atoms with Crippen molar-refractivity contribution in [2.45, 2.75) is 0 Å². The van der Waals surface area contributed by atoms with Crippen LogP contribution in [0, 0.1) is 10.1 Å². The molecule has 9 nitrogen and oxygen atoms in total. The molecular formula is C18H14N2O7. The van der Waals surface area contributed by atoms with Gasteiger partial charge < -0.3 is 19.4 Å². The Kier molecular flexibility index (Phi) is 4.75. The van der Waals surface area contributed by atoms with Crippen LogP contribution in [0.3, 0.4) is 0 Å². The number of ether oxygens (including phenoxy) is 2. The van der Waals surface area contributed by atoms with Crippen molar-refractivity contribution in [1.82, 2.24) is 0 Å². The number of hydrogen-bond donors (Lipinski definition) is 1. The second-order valence-electron chi connectivity index (χ2n) is 5.42. The highest BCUT2D eigenvalue weighted by molar-refractivity contribution is 6.31. The summed E-state index contributed by atoms with van der Waals surface area (Å²) >= 11 is 0. The molecule has 2 aromatic rings. The van der Waals surface area contributed by atoms with Crippen LogP contribution < -0.4 is 9.47 Å². The van der Waals surface area contributed by atoms with Gasteiger partial charge in [0.2, 0.25) is 5.75 Å². The predicted molar refractivity (Wildman–Crippen MR) is 94.9 cm³/mol. The third-order valence-corrected chi connectivity index (χ3v) is 3.89. The lowest BCUT2D eigenvalue weighted by Crippen LogP contribution is -2.07. The zero-order chi connectivity index (χ0) is 19.6. The number of rotatable bonds is 5. The Balaban J connectivity index is 2.07. The second kappa shape index (κ2) is 7.16. The minimum absolute atomic E-state index is 0.0398. The average Bonchev–Trinajstić information content (AvgIpc) is 3.03. The van der Waals surface area contributed by atoms with Crippen LogP contribution in [-0.2, 0) is 9.63 Å². The van der Waals surface area contributed by atoms with Crippen molar-refractivity contribution >= 4 is 23.4 Å². The van der Waals surface area contributed by atoms with E-state index in [1.165, 1.54) is 32.4 Å². The molecule has 138 valence electrons. The fourth-order valence-corrected chi connectivity index (χ4v) is 2.57. The van der Waals surface area contributed by atoms with E-state index in [1.807, 2.05) is 0 Å². The quantitative estimate of drug-likeness (QED) is 0.372. The SMILES string of the molecule is COc1ccc(C2=NOC(=O)C2=Cc2cccc([N+](=O)[O-])c2O)cc1OC. The largest absolute Gasteiger partial charge is 0.502 e. The minimum atomic E-state index is -0.745. The van der Waals surface area contributed by atoms with E-state index in [0.29, 0.717) is 17.1 Å². The third kappa shape index (κ3) is 3.30. The van der Waals surface area contributed by atoms with Gasteiger partial charge in [-0.05, 0) is 24.3 Å². The number of methoxy groups -OCH3 is 2. The normalized spacial score (nSPS) is 14.7. The Morgan fingerprint density at radius 3 is 2.59 bits per heavy atom. The van der Waals surface area contributed by atoms with Crippen LogP contribution in [-0.4, -0.2) is 35.9 Å². The second-order valence-corrected chi connectivity index (χ2v) is 5.42. The number of benzene rings is 2. The fraction of sp³-hybridized carbons (Fsp3) is 0.111. The van der Waals surface area contributed by atoms with Crippen molar-refractivity contribution in [2.75, 3.05) is 14.2 Å². The molecule has 0 saturated carbocycles. The number of aromatic hydroxyl groups is 1. The number of carbonyl (C=O) groups excluding carboxylic acids is 1. The maximum absolute atomic E-state index is 12.1. The van der Waals surface area contributed by atoms with Crippen molar-refractivity contribution in [2.24, 2.45) is 5.16 Å². The molecule has 0 fully saturated rings. The number of hydrogen-bond acceptors (Lipinski definition) is 8. The van der Waals surface area contributed by atoms with Crippen LogP contribution in [0.25, 0.3) is 6.08 Å². The lowest BCUT2D eigenvalue weighted by Gasteiger charge is -2.09. The summed E-state index contributed by atoms with van der Waals surface area (Å²) in [5.74, 6) is -0.379. The number of para-hydroxylation sites is 1. The van der Waals surface area contributed by atoms with Gasteiger partial charge in [0.05, 0.1) is 24.7 Å². The molecule has 9 heteroatoms. The molecule has 1 heterocycles. The van der Waals surface area contributed by atoms with Crippen molar-refractivity contribution in [1.29, 1.82) is 0 Å². The van der Waals surface area contributed by atoms with E-state index < -0.39 is 22.3 Å². The summed E-state index contributed by atoms with van der Waals surface area (Å²) in [6, 6.07) is 8.91. The van der Waals surface area contributed by atoms with Gasteiger partial charge in [-0.1, -0.05) is 17.3 Å². The van der Waals surface area contributed by atoms with E-state index in [9.17, 15) is 20.0 Å². The van der Waals surface area contributed by atoms with Crippen molar-refractivity contribution < 1.29 is 29.1 Å². The van der Waals surface area contributed by atoms with Crippen LogP contribution in [0.4, 0.5) is 5.69 Å². The lowest BCUT2D eigenvalue weighted by molar-refractivity contribution is -0.385. The van der Waals surface area contributed by atoms with Gasteiger partial charge in [-0.2, -0.15) is 0 Å². The fourth-order valence-electron chi connectivity index (χ4n) is 2.57. The predicted octanol–water partition coefficient (Wildman–Crippen LogP) is 2.66. The molecule has 1 aliphatic heterocycles. The first kappa shape index (κ1) is 17.9. The molecule has 0 aliphatic carbocycles. The number of oxime groups is 1. The molecule has 1 aliphatic rings. The van der Waals surface area contributed by atoms with Gasteiger partial charge >= 0.3 is 11.7 Å². The van der Waals surface area contributed by atoms with E-state index in [4.69, 9.17) is 14.3 Å². The van der Waals surface area contributed by atoms with Crippen LogP contribution in [0.2, 0.25) is 0 Å². The number of nitrogens with zero attached hydrogens (tertiary/aromatic N) is 2. The lowest BCUT2D eigenvalue weighted by atomic mass is 9.99. The van der Waals surface area contributed by atoms with Crippen LogP contribution in [0.1, 0.15) is 11.1 Å². The van der Waals surface area contributed by atoms with E-state index in [0.717, 1.165) is 6.07 Å². The van der Waals surface area contributed by atoms with Gasteiger partial charge in [-0.25, -0.2) is 4.79 Å². The summed E-state index contributed by atoms with van der Waals surface area (Å²) in [7, 11) is 2.96. The first-order chi connectivity index (χ1) is 13.0. The van der Waals surface area contributed by atoms with E-state index >= 15 is 0 Å². The Morgan fingerprint density at radius 1 is 1.19 bits per heavy atom. The molecule has 3 rings (SSSR count). The Morgan fingerprint density at radius 2 is 1.93 bits per heavy atom.